The van der Waals surface area contributed by atoms with Crippen LogP contribution in [0.2, 0.25) is 0 Å². The van der Waals surface area contributed by atoms with Crippen molar-refractivity contribution in [2.45, 2.75) is 44.8 Å². The van der Waals surface area contributed by atoms with Crippen LogP contribution >= 0.6 is 0 Å². The SMILES string of the molecule is CC1CCCC(CN)N1S(=O)(=O)N(C)Cc1ccccc1. The predicted molar refractivity (Wildman–Crippen MR) is 84.8 cm³/mol. The van der Waals surface area contributed by atoms with Gasteiger partial charge in [-0.1, -0.05) is 36.8 Å². The Bertz CT molecular complexity index is 547. The summed E-state index contributed by atoms with van der Waals surface area (Å²) in [5, 5.41) is 0. The molecule has 1 aromatic rings. The van der Waals surface area contributed by atoms with Gasteiger partial charge < -0.3 is 5.73 Å². The number of rotatable bonds is 5. The molecule has 21 heavy (non-hydrogen) atoms. The van der Waals surface area contributed by atoms with Crippen LogP contribution < -0.4 is 5.73 Å². The fraction of sp³-hybridized carbons (Fsp3) is 0.600. The molecule has 0 bridgehead atoms. The molecule has 0 aromatic heterocycles. The molecule has 2 unspecified atom stereocenters. The van der Waals surface area contributed by atoms with E-state index >= 15 is 0 Å². The molecular formula is C15H25N3O2S. The van der Waals surface area contributed by atoms with Crippen molar-refractivity contribution in [3.63, 3.8) is 0 Å². The van der Waals surface area contributed by atoms with E-state index in [4.69, 9.17) is 5.73 Å². The van der Waals surface area contributed by atoms with Crippen LogP contribution in [0.4, 0.5) is 0 Å². The maximum Gasteiger partial charge on any atom is 0.282 e. The summed E-state index contributed by atoms with van der Waals surface area (Å²) in [6.07, 6.45) is 2.78. The third-order valence-electron chi connectivity index (χ3n) is 4.13. The molecule has 1 aromatic carbocycles. The number of piperidine rings is 1. The Morgan fingerprint density at radius 3 is 2.57 bits per heavy atom. The molecule has 0 spiro atoms. The molecule has 1 aliphatic heterocycles. The number of benzene rings is 1. The minimum atomic E-state index is -3.48. The van der Waals surface area contributed by atoms with Crippen LogP contribution in [0.25, 0.3) is 0 Å². The summed E-state index contributed by atoms with van der Waals surface area (Å²) in [5.74, 6) is 0. The molecule has 0 aliphatic carbocycles. The van der Waals surface area contributed by atoms with E-state index in [-0.39, 0.29) is 12.1 Å². The van der Waals surface area contributed by atoms with E-state index in [9.17, 15) is 8.42 Å². The number of nitrogens with zero attached hydrogens (tertiary/aromatic N) is 2. The molecule has 2 atom stereocenters. The molecule has 1 saturated heterocycles. The van der Waals surface area contributed by atoms with Crippen LogP contribution in [0, 0.1) is 0 Å². The van der Waals surface area contributed by atoms with Gasteiger partial charge in [-0.15, -0.1) is 0 Å². The Hall–Kier alpha value is -0.950. The van der Waals surface area contributed by atoms with Crippen LogP contribution in [-0.2, 0) is 16.8 Å². The van der Waals surface area contributed by atoms with Gasteiger partial charge in [0.05, 0.1) is 0 Å². The molecule has 0 saturated carbocycles. The van der Waals surface area contributed by atoms with Gasteiger partial charge in [0, 0.05) is 32.2 Å². The van der Waals surface area contributed by atoms with Gasteiger partial charge in [-0.05, 0) is 25.3 Å². The number of hydrogen-bond acceptors (Lipinski definition) is 3. The molecule has 5 nitrogen and oxygen atoms in total. The Labute approximate surface area is 127 Å². The first-order valence-electron chi connectivity index (χ1n) is 7.45. The summed E-state index contributed by atoms with van der Waals surface area (Å²) >= 11 is 0. The minimum Gasteiger partial charge on any atom is -0.329 e. The number of nitrogens with two attached hydrogens (primary N) is 1. The summed E-state index contributed by atoms with van der Waals surface area (Å²) in [5.41, 5.74) is 6.76. The highest BCUT2D eigenvalue weighted by Gasteiger charge is 2.38. The van der Waals surface area contributed by atoms with Crippen molar-refractivity contribution in [2.24, 2.45) is 5.73 Å². The van der Waals surface area contributed by atoms with Crippen LogP contribution in [0.1, 0.15) is 31.7 Å². The largest absolute Gasteiger partial charge is 0.329 e. The minimum absolute atomic E-state index is 0.00974. The standard InChI is InChI=1S/C15H25N3O2S/c1-13-7-6-10-15(11-16)18(13)21(19,20)17(2)12-14-8-4-3-5-9-14/h3-5,8-9,13,15H,6-7,10-12,16H2,1-2H3. The van der Waals surface area contributed by atoms with E-state index in [1.54, 1.807) is 11.4 Å². The molecule has 0 amide bonds. The van der Waals surface area contributed by atoms with Gasteiger partial charge in [0.15, 0.2) is 0 Å². The third kappa shape index (κ3) is 3.63. The Kier molecular flexibility index (Phi) is 5.37. The second-order valence-corrected chi connectivity index (χ2v) is 7.69. The first-order valence-corrected chi connectivity index (χ1v) is 8.85. The van der Waals surface area contributed by atoms with Crippen molar-refractivity contribution in [2.75, 3.05) is 13.6 Å². The van der Waals surface area contributed by atoms with Crippen molar-refractivity contribution in [1.82, 2.24) is 8.61 Å². The van der Waals surface area contributed by atoms with Gasteiger partial charge >= 0.3 is 0 Å². The van der Waals surface area contributed by atoms with Crippen LogP contribution in [0.15, 0.2) is 30.3 Å². The zero-order chi connectivity index (χ0) is 15.5. The van der Waals surface area contributed by atoms with Crippen molar-refractivity contribution in [1.29, 1.82) is 0 Å². The van der Waals surface area contributed by atoms with Gasteiger partial charge in [-0.3, -0.25) is 0 Å². The lowest BCUT2D eigenvalue weighted by atomic mass is 10.00. The summed E-state index contributed by atoms with van der Waals surface area (Å²) < 4.78 is 28.8. The maximum absolute atomic E-state index is 12.9. The molecule has 118 valence electrons. The zero-order valence-corrected chi connectivity index (χ0v) is 13.6. The smallest absolute Gasteiger partial charge is 0.282 e. The van der Waals surface area contributed by atoms with Gasteiger partial charge in [-0.2, -0.15) is 17.0 Å². The second kappa shape index (κ2) is 6.87. The molecule has 0 radical (unpaired) electrons. The number of hydrogen-bond donors (Lipinski definition) is 1. The third-order valence-corrected chi connectivity index (χ3v) is 6.24. The fourth-order valence-electron chi connectivity index (χ4n) is 2.98. The molecule has 2 rings (SSSR count). The molecule has 6 heteroatoms. The Morgan fingerprint density at radius 1 is 1.29 bits per heavy atom. The average Bonchev–Trinajstić information content (AvgIpc) is 2.47. The van der Waals surface area contributed by atoms with E-state index in [0.29, 0.717) is 13.1 Å². The molecule has 2 N–H and O–H groups in total. The van der Waals surface area contributed by atoms with Crippen molar-refractivity contribution >= 4 is 10.2 Å². The van der Waals surface area contributed by atoms with E-state index in [1.165, 1.54) is 4.31 Å². The van der Waals surface area contributed by atoms with E-state index in [2.05, 4.69) is 0 Å². The maximum atomic E-state index is 12.9. The highest BCUT2D eigenvalue weighted by Crippen LogP contribution is 2.27. The molecule has 1 aliphatic rings. The van der Waals surface area contributed by atoms with Gasteiger partial charge in [0.2, 0.25) is 0 Å². The van der Waals surface area contributed by atoms with E-state index < -0.39 is 10.2 Å². The highest BCUT2D eigenvalue weighted by atomic mass is 32.2. The van der Waals surface area contributed by atoms with Crippen LogP contribution in [0.3, 0.4) is 0 Å². The van der Waals surface area contributed by atoms with Crippen LogP contribution in [-0.4, -0.2) is 42.7 Å². The quantitative estimate of drug-likeness (QED) is 0.897. The summed E-state index contributed by atoms with van der Waals surface area (Å²) in [7, 11) is -1.85. The normalized spacial score (nSPS) is 24.4. The molecule has 1 fully saturated rings. The van der Waals surface area contributed by atoms with E-state index in [0.717, 1.165) is 24.8 Å². The lowest BCUT2D eigenvalue weighted by Gasteiger charge is -2.40. The van der Waals surface area contributed by atoms with Gasteiger partial charge in [-0.25, -0.2) is 0 Å². The highest BCUT2D eigenvalue weighted by molar-refractivity contribution is 7.86. The monoisotopic (exact) mass is 311 g/mol. The molecule has 1 heterocycles. The summed E-state index contributed by atoms with van der Waals surface area (Å²) in [6, 6.07) is 9.56. The average molecular weight is 311 g/mol. The Morgan fingerprint density at radius 2 is 1.95 bits per heavy atom. The van der Waals surface area contributed by atoms with Gasteiger partial charge in [0.25, 0.3) is 10.2 Å². The second-order valence-electron chi connectivity index (χ2n) is 5.75. The zero-order valence-electron chi connectivity index (χ0n) is 12.8. The topological polar surface area (TPSA) is 66.6 Å². The van der Waals surface area contributed by atoms with Crippen LogP contribution in [0.5, 0.6) is 0 Å². The first kappa shape index (κ1) is 16.4. The lowest BCUT2D eigenvalue weighted by molar-refractivity contribution is 0.183. The Balaban J connectivity index is 2.19. The van der Waals surface area contributed by atoms with Gasteiger partial charge in [0.1, 0.15) is 0 Å². The first-order chi connectivity index (χ1) is 9.96. The predicted octanol–water partition coefficient (Wildman–Crippen LogP) is 1.56. The summed E-state index contributed by atoms with van der Waals surface area (Å²) in [4.78, 5) is 0. The van der Waals surface area contributed by atoms with Crippen molar-refractivity contribution in [3.05, 3.63) is 35.9 Å². The van der Waals surface area contributed by atoms with Crippen molar-refractivity contribution in [3.8, 4) is 0 Å². The van der Waals surface area contributed by atoms with Crippen molar-refractivity contribution < 1.29 is 8.42 Å². The summed E-state index contributed by atoms with van der Waals surface area (Å²) in [6.45, 7) is 2.72. The van der Waals surface area contributed by atoms with E-state index in [1.807, 2.05) is 37.3 Å². The lowest BCUT2D eigenvalue weighted by Crippen LogP contribution is -2.55. The molecular weight excluding hydrogens is 286 g/mol. The fourth-order valence-corrected chi connectivity index (χ4v) is 4.75.